The fraction of sp³-hybridized carbons (Fsp3) is 0. The van der Waals surface area contributed by atoms with Crippen molar-refractivity contribution in [1.82, 2.24) is 0 Å². The van der Waals surface area contributed by atoms with Gasteiger partial charge in [0.2, 0.25) is 0 Å². The van der Waals surface area contributed by atoms with E-state index in [1.54, 1.807) is 0 Å². The molecule has 0 unspecified atom stereocenters. The number of carbonyl (C=O) groups is 1. The maximum absolute atomic E-state index is 10.6. The van der Waals surface area contributed by atoms with E-state index in [-0.39, 0.29) is 5.56 Å². The van der Waals surface area contributed by atoms with Gasteiger partial charge in [-0.3, -0.25) is 0 Å². The van der Waals surface area contributed by atoms with E-state index in [1.165, 1.54) is 18.2 Å². The number of aromatic carboxylic acids is 1. The molecule has 1 rings (SSSR count). The van der Waals surface area contributed by atoms with Crippen LogP contribution in [0.1, 0.15) is 10.4 Å². The maximum atomic E-state index is 10.6. The quantitative estimate of drug-likeness (QED) is 0.493. The standard InChI is InChI=1S/C7H7NO3.Al.2H/c8-4-1-2-5(7(10)11)6(9)3-4;;;/h1-3,9H,8H2,(H,10,11);;;/q;+1;;/p-1. The lowest BCUT2D eigenvalue weighted by atomic mass is 10.2. The third-order valence-electron chi connectivity index (χ3n) is 1.46. The highest BCUT2D eigenvalue weighted by molar-refractivity contribution is 6.02. The molecule has 0 bridgehead atoms. The first kappa shape index (κ1) is 8.91. The molecular weight excluding hydrogens is 173 g/mol. The number of rotatable bonds is 2. The molecule has 0 saturated heterocycles. The predicted octanol–water partition coefficient (Wildman–Crippen LogP) is -0.106. The molecule has 5 heteroatoms. The SMILES string of the molecule is Nc1ccc(C(=O)O)c([O][AlH2])c1. The molecule has 0 radical (unpaired) electrons. The van der Waals surface area contributed by atoms with Crippen molar-refractivity contribution in [2.45, 2.75) is 0 Å². The van der Waals surface area contributed by atoms with Gasteiger partial charge in [-0.15, -0.1) is 0 Å². The van der Waals surface area contributed by atoms with Gasteiger partial charge in [-0.05, 0) is 12.1 Å². The molecule has 0 spiro atoms. The van der Waals surface area contributed by atoms with Crippen LogP contribution in [0.25, 0.3) is 0 Å². The second kappa shape index (κ2) is 3.48. The van der Waals surface area contributed by atoms with Gasteiger partial charge < -0.3 is 14.6 Å². The van der Waals surface area contributed by atoms with Gasteiger partial charge in [0.15, 0.2) is 0 Å². The number of carboxylic acids is 1. The van der Waals surface area contributed by atoms with Crippen LogP contribution in [0.4, 0.5) is 5.69 Å². The molecule has 1 aromatic rings. The highest BCUT2D eigenvalue weighted by atomic mass is 27.1. The second-order valence-electron chi connectivity index (χ2n) is 2.26. The summed E-state index contributed by atoms with van der Waals surface area (Å²) < 4.78 is 4.97. The summed E-state index contributed by atoms with van der Waals surface area (Å²) >= 11 is 0.450. The number of carboxylic acid groups (broad SMARTS) is 1. The van der Waals surface area contributed by atoms with Crippen LogP contribution in [-0.4, -0.2) is 27.7 Å². The van der Waals surface area contributed by atoms with E-state index < -0.39 is 5.97 Å². The molecule has 0 amide bonds. The molecule has 0 aliphatic rings. The zero-order valence-corrected chi connectivity index (χ0v) is 8.57. The van der Waals surface area contributed by atoms with E-state index >= 15 is 0 Å². The molecule has 0 fully saturated rings. The lowest BCUT2D eigenvalue weighted by molar-refractivity contribution is 0.0695. The summed E-state index contributed by atoms with van der Waals surface area (Å²) in [6.45, 7) is 0. The number of benzene rings is 1. The van der Waals surface area contributed by atoms with Gasteiger partial charge in [0.1, 0.15) is 0 Å². The summed E-state index contributed by atoms with van der Waals surface area (Å²) in [6.07, 6.45) is 0. The summed E-state index contributed by atoms with van der Waals surface area (Å²) in [5.41, 5.74) is 6.10. The Kier molecular flexibility index (Phi) is 2.59. The average Bonchev–Trinajstić information content (AvgIpc) is 2.03. The molecule has 62 valence electrons. The van der Waals surface area contributed by atoms with Gasteiger partial charge in [-0.25, -0.2) is 4.79 Å². The first-order chi connectivity index (χ1) is 5.65. The van der Waals surface area contributed by atoms with E-state index in [0.29, 0.717) is 28.1 Å². The Hall–Kier alpha value is -1.18. The van der Waals surface area contributed by atoms with Crippen LogP contribution in [0, 0.1) is 0 Å². The Morgan fingerprint density at radius 2 is 2.25 bits per heavy atom. The minimum atomic E-state index is -0.999. The lowest BCUT2D eigenvalue weighted by Crippen LogP contribution is -2.01. The Balaban J connectivity index is 3.20. The Morgan fingerprint density at radius 1 is 1.58 bits per heavy atom. The largest absolute Gasteiger partial charge is 0.647 e. The Bertz CT molecular complexity index is 314. The van der Waals surface area contributed by atoms with Crippen molar-refractivity contribution in [3.05, 3.63) is 23.8 Å². The molecule has 4 nitrogen and oxygen atoms in total. The molecule has 0 saturated carbocycles. The van der Waals surface area contributed by atoms with E-state index in [0.717, 1.165) is 0 Å². The fourth-order valence-corrected chi connectivity index (χ4v) is 1.22. The van der Waals surface area contributed by atoms with Crippen molar-refractivity contribution in [3.8, 4) is 5.75 Å². The molecule has 3 N–H and O–H groups in total. The van der Waals surface area contributed by atoms with E-state index in [9.17, 15) is 4.79 Å². The zero-order chi connectivity index (χ0) is 9.14. The van der Waals surface area contributed by atoms with Crippen molar-refractivity contribution < 1.29 is 13.7 Å². The maximum Gasteiger partial charge on any atom is 0.496 e. The number of hydrogen-bond acceptors (Lipinski definition) is 3. The molecule has 0 aliphatic carbocycles. The third-order valence-corrected chi connectivity index (χ3v) is 1.90. The molecule has 12 heavy (non-hydrogen) atoms. The van der Waals surface area contributed by atoms with E-state index in [2.05, 4.69) is 0 Å². The fourth-order valence-electron chi connectivity index (χ4n) is 0.884. The van der Waals surface area contributed by atoms with Gasteiger partial charge in [-0.2, -0.15) is 0 Å². The predicted molar refractivity (Wildman–Crippen MR) is 47.0 cm³/mol. The van der Waals surface area contributed by atoms with Crippen LogP contribution in [0.3, 0.4) is 0 Å². The summed E-state index contributed by atoms with van der Waals surface area (Å²) in [6, 6.07) is 4.48. The molecular formula is C7H8AlNO3. The summed E-state index contributed by atoms with van der Waals surface area (Å²) in [5.74, 6) is -0.657. The molecule has 1 aromatic carbocycles. The van der Waals surface area contributed by atoms with Crippen LogP contribution in [0.15, 0.2) is 18.2 Å². The first-order valence-corrected chi connectivity index (χ1v) is 4.13. The summed E-state index contributed by atoms with van der Waals surface area (Å²) in [5, 5.41) is 8.68. The number of anilines is 1. The molecule has 0 aromatic heterocycles. The number of nitrogens with two attached hydrogens (primary N) is 1. The van der Waals surface area contributed by atoms with Crippen molar-refractivity contribution in [2.24, 2.45) is 0 Å². The van der Waals surface area contributed by atoms with Crippen LogP contribution >= 0.6 is 0 Å². The second-order valence-corrected chi connectivity index (χ2v) is 2.67. The van der Waals surface area contributed by atoms with Crippen LogP contribution in [-0.2, 0) is 0 Å². The van der Waals surface area contributed by atoms with Crippen LogP contribution < -0.4 is 9.52 Å². The minimum absolute atomic E-state index is 0.152. The zero-order valence-electron chi connectivity index (χ0n) is 6.57. The van der Waals surface area contributed by atoms with Gasteiger partial charge >= 0.3 is 22.6 Å². The lowest BCUT2D eigenvalue weighted by Gasteiger charge is -2.06. The smallest absolute Gasteiger partial charge is 0.496 e. The summed E-state index contributed by atoms with van der Waals surface area (Å²) in [4.78, 5) is 10.6. The summed E-state index contributed by atoms with van der Waals surface area (Å²) in [7, 11) is 0. The van der Waals surface area contributed by atoms with Crippen molar-refractivity contribution in [2.75, 3.05) is 5.73 Å². The van der Waals surface area contributed by atoms with Crippen LogP contribution in [0.5, 0.6) is 5.75 Å². The van der Waals surface area contributed by atoms with Gasteiger partial charge in [0.05, 0.1) is 11.3 Å². The first-order valence-electron chi connectivity index (χ1n) is 3.32. The molecule has 0 heterocycles. The molecule has 0 aliphatic heterocycles. The Labute approximate surface area is 77.7 Å². The van der Waals surface area contributed by atoms with Crippen molar-refractivity contribution in [3.63, 3.8) is 0 Å². The monoisotopic (exact) mass is 181 g/mol. The highest BCUT2D eigenvalue weighted by Gasteiger charge is 2.08. The van der Waals surface area contributed by atoms with Gasteiger partial charge in [0.25, 0.3) is 0 Å². The van der Waals surface area contributed by atoms with Gasteiger partial charge in [-0.1, -0.05) is 0 Å². The topological polar surface area (TPSA) is 72.6 Å². The normalized spacial score (nSPS) is 9.33. The number of hydrogen-bond donors (Lipinski definition) is 2. The number of nitrogen functional groups attached to an aromatic ring is 1. The van der Waals surface area contributed by atoms with Gasteiger partial charge in [0, 0.05) is 11.8 Å². The highest BCUT2D eigenvalue weighted by Crippen LogP contribution is 2.20. The third kappa shape index (κ3) is 1.70. The van der Waals surface area contributed by atoms with Crippen molar-refractivity contribution >= 4 is 28.3 Å². The van der Waals surface area contributed by atoms with Crippen LogP contribution in [0.2, 0.25) is 0 Å². The minimum Gasteiger partial charge on any atom is -0.647 e. The van der Waals surface area contributed by atoms with Crippen molar-refractivity contribution in [1.29, 1.82) is 0 Å². The average molecular weight is 181 g/mol. The Morgan fingerprint density at radius 3 is 2.75 bits per heavy atom. The molecule has 0 atom stereocenters. The van der Waals surface area contributed by atoms with E-state index in [4.69, 9.17) is 14.6 Å². The van der Waals surface area contributed by atoms with E-state index in [1.807, 2.05) is 0 Å².